The molecule has 5 nitrogen and oxygen atoms in total. The molecule has 0 bridgehead atoms. The van der Waals surface area contributed by atoms with E-state index in [1.807, 2.05) is 0 Å². The highest BCUT2D eigenvalue weighted by Gasteiger charge is 2.19. The first-order chi connectivity index (χ1) is 8.42. The van der Waals surface area contributed by atoms with E-state index in [2.05, 4.69) is 19.2 Å². The molecule has 0 saturated carbocycles. The fourth-order valence-electron chi connectivity index (χ4n) is 1.95. The Morgan fingerprint density at radius 2 is 1.89 bits per heavy atom. The summed E-state index contributed by atoms with van der Waals surface area (Å²) in [7, 11) is 0. The maximum absolute atomic E-state index is 11.6. The van der Waals surface area contributed by atoms with Gasteiger partial charge >= 0.3 is 5.97 Å². The van der Waals surface area contributed by atoms with Crippen LogP contribution in [0.1, 0.15) is 46.5 Å². The molecule has 106 valence electrons. The number of carboxylic acid groups (broad SMARTS) is 1. The normalized spacial score (nSPS) is 14.3. The molecule has 2 unspecified atom stereocenters. The van der Waals surface area contributed by atoms with Crippen molar-refractivity contribution in [3.05, 3.63) is 0 Å². The fraction of sp³-hybridized carbons (Fsp3) is 0.846. The fourth-order valence-corrected chi connectivity index (χ4v) is 1.95. The van der Waals surface area contributed by atoms with Gasteiger partial charge in [0.05, 0.1) is 0 Å². The zero-order valence-electron chi connectivity index (χ0n) is 11.6. The largest absolute Gasteiger partial charge is 0.480 e. The number of hydrogen-bond donors (Lipinski definition) is 3. The van der Waals surface area contributed by atoms with E-state index in [0.717, 1.165) is 12.8 Å². The van der Waals surface area contributed by atoms with Crippen LogP contribution in [-0.4, -0.2) is 29.6 Å². The van der Waals surface area contributed by atoms with Crippen molar-refractivity contribution in [1.82, 2.24) is 5.32 Å². The molecule has 0 radical (unpaired) electrons. The van der Waals surface area contributed by atoms with Crippen LogP contribution in [0, 0.1) is 11.8 Å². The molecule has 0 rings (SSSR count). The van der Waals surface area contributed by atoms with E-state index in [1.165, 1.54) is 0 Å². The zero-order valence-corrected chi connectivity index (χ0v) is 11.6. The van der Waals surface area contributed by atoms with Crippen LogP contribution in [0.25, 0.3) is 0 Å². The quantitative estimate of drug-likeness (QED) is 0.582. The Labute approximate surface area is 109 Å². The molecule has 1 amide bonds. The Balaban J connectivity index is 4.11. The first-order valence-corrected chi connectivity index (χ1v) is 6.64. The molecule has 5 heteroatoms. The average Bonchev–Trinajstić information content (AvgIpc) is 2.30. The van der Waals surface area contributed by atoms with E-state index in [-0.39, 0.29) is 5.91 Å². The summed E-state index contributed by atoms with van der Waals surface area (Å²) in [5.41, 5.74) is 5.54. The third-order valence-corrected chi connectivity index (χ3v) is 3.26. The third-order valence-electron chi connectivity index (χ3n) is 3.26. The maximum Gasteiger partial charge on any atom is 0.326 e. The van der Waals surface area contributed by atoms with Crippen LogP contribution in [0.2, 0.25) is 0 Å². The van der Waals surface area contributed by atoms with E-state index >= 15 is 0 Å². The predicted molar refractivity (Wildman–Crippen MR) is 71.1 cm³/mol. The summed E-state index contributed by atoms with van der Waals surface area (Å²) < 4.78 is 0. The van der Waals surface area contributed by atoms with Gasteiger partial charge in [0.25, 0.3) is 0 Å². The van der Waals surface area contributed by atoms with Gasteiger partial charge in [-0.3, -0.25) is 4.79 Å². The lowest BCUT2D eigenvalue weighted by molar-refractivity contribution is -0.141. The maximum atomic E-state index is 11.6. The van der Waals surface area contributed by atoms with Gasteiger partial charge in [-0.2, -0.15) is 0 Å². The number of carbonyl (C=O) groups excluding carboxylic acids is 1. The second-order valence-electron chi connectivity index (χ2n) is 4.99. The van der Waals surface area contributed by atoms with Gasteiger partial charge in [-0.15, -0.1) is 0 Å². The molecule has 0 aliphatic rings. The minimum Gasteiger partial charge on any atom is -0.480 e. The van der Waals surface area contributed by atoms with E-state index in [9.17, 15) is 9.59 Å². The van der Waals surface area contributed by atoms with E-state index in [0.29, 0.717) is 31.2 Å². The number of nitrogens with one attached hydrogen (secondary N) is 1. The monoisotopic (exact) mass is 258 g/mol. The molecule has 0 saturated heterocycles. The Morgan fingerprint density at radius 3 is 2.28 bits per heavy atom. The van der Waals surface area contributed by atoms with E-state index < -0.39 is 12.0 Å². The molecule has 0 aliphatic carbocycles. The molecule has 2 atom stereocenters. The lowest BCUT2D eigenvalue weighted by atomic mass is 9.88. The van der Waals surface area contributed by atoms with Crippen molar-refractivity contribution in [2.75, 3.05) is 6.54 Å². The van der Waals surface area contributed by atoms with Gasteiger partial charge < -0.3 is 16.2 Å². The van der Waals surface area contributed by atoms with Crippen molar-refractivity contribution >= 4 is 11.9 Å². The standard InChI is InChI=1S/C13H26N2O3/c1-4-11(13(17)18)15-12(16)6-5-10(7-8-14)9(2)3/h9-11H,4-8,14H2,1-3H3,(H,15,16)(H,17,18). The van der Waals surface area contributed by atoms with Crippen LogP contribution in [0.15, 0.2) is 0 Å². The molecular weight excluding hydrogens is 232 g/mol. The number of aliphatic carboxylic acids is 1. The average molecular weight is 258 g/mol. The highest BCUT2D eigenvalue weighted by molar-refractivity contribution is 5.83. The van der Waals surface area contributed by atoms with Gasteiger partial charge in [-0.25, -0.2) is 4.79 Å². The summed E-state index contributed by atoms with van der Waals surface area (Å²) in [4.78, 5) is 22.4. The van der Waals surface area contributed by atoms with Crippen LogP contribution < -0.4 is 11.1 Å². The lowest BCUT2D eigenvalue weighted by Crippen LogP contribution is -2.40. The molecule has 0 heterocycles. The highest BCUT2D eigenvalue weighted by atomic mass is 16.4. The Hall–Kier alpha value is -1.10. The van der Waals surface area contributed by atoms with Crippen LogP contribution in [-0.2, 0) is 9.59 Å². The Morgan fingerprint density at radius 1 is 1.28 bits per heavy atom. The summed E-state index contributed by atoms with van der Waals surface area (Å²) >= 11 is 0. The van der Waals surface area contributed by atoms with Gasteiger partial charge in [0.1, 0.15) is 6.04 Å². The highest BCUT2D eigenvalue weighted by Crippen LogP contribution is 2.20. The minimum atomic E-state index is -0.979. The lowest BCUT2D eigenvalue weighted by Gasteiger charge is -2.20. The van der Waals surface area contributed by atoms with Crippen molar-refractivity contribution in [3.63, 3.8) is 0 Å². The molecular formula is C13H26N2O3. The number of nitrogens with two attached hydrogens (primary N) is 1. The molecule has 0 aromatic heterocycles. The number of amides is 1. The molecule has 0 aliphatic heterocycles. The summed E-state index contributed by atoms with van der Waals surface area (Å²) in [5.74, 6) is -0.256. The van der Waals surface area contributed by atoms with Crippen molar-refractivity contribution in [2.24, 2.45) is 17.6 Å². The van der Waals surface area contributed by atoms with Crippen molar-refractivity contribution in [2.45, 2.75) is 52.5 Å². The number of rotatable bonds is 9. The first-order valence-electron chi connectivity index (χ1n) is 6.64. The van der Waals surface area contributed by atoms with E-state index in [1.54, 1.807) is 6.92 Å². The van der Waals surface area contributed by atoms with Crippen molar-refractivity contribution in [1.29, 1.82) is 0 Å². The first kappa shape index (κ1) is 16.9. The van der Waals surface area contributed by atoms with Gasteiger partial charge in [0.2, 0.25) is 5.91 Å². The van der Waals surface area contributed by atoms with Crippen molar-refractivity contribution in [3.8, 4) is 0 Å². The van der Waals surface area contributed by atoms with Crippen LogP contribution in [0.5, 0.6) is 0 Å². The second kappa shape index (κ2) is 8.91. The smallest absolute Gasteiger partial charge is 0.326 e. The number of carbonyl (C=O) groups is 2. The van der Waals surface area contributed by atoms with Crippen LogP contribution in [0.4, 0.5) is 0 Å². The molecule has 0 fully saturated rings. The van der Waals surface area contributed by atoms with Crippen LogP contribution >= 0.6 is 0 Å². The summed E-state index contributed by atoms with van der Waals surface area (Å²) in [5, 5.41) is 11.4. The zero-order chi connectivity index (χ0) is 14.1. The topological polar surface area (TPSA) is 92.4 Å². The Bertz CT molecular complexity index is 267. The van der Waals surface area contributed by atoms with E-state index in [4.69, 9.17) is 10.8 Å². The van der Waals surface area contributed by atoms with Gasteiger partial charge in [0.15, 0.2) is 0 Å². The van der Waals surface area contributed by atoms with Crippen molar-refractivity contribution < 1.29 is 14.7 Å². The minimum absolute atomic E-state index is 0.188. The number of carboxylic acids is 1. The Kier molecular flexibility index (Phi) is 8.37. The third kappa shape index (κ3) is 6.59. The van der Waals surface area contributed by atoms with Gasteiger partial charge in [0, 0.05) is 6.42 Å². The molecule has 0 aromatic rings. The van der Waals surface area contributed by atoms with Crippen LogP contribution in [0.3, 0.4) is 0 Å². The molecule has 0 aromatic carbocycles. The SMILES string of the molecule is CCC(NC(=O)CCC(CCN)C(C)C)C(=O)O. The second-order valence-corrected chi connectivity index (χ2v) is 4.99. The molecule has 4 N–H and O–H groups in total. The molecule has 0 spiro atoms. The summed E-state index contributed by atoms with van der Waals surface area (Å²) in [6.07, 6.45) is 2.43. The summed E-state index contributed by atoms with van der Waals surface area (Å²) in [6, 6.07) is -0.774. The number of hydrogen-bond acceptors (Lipinski definition) is 3. The predicted octanol–water partition coefficient (Wildman–Crippen LogP) is 1.37. The van der Waals surface area contributed by atoms with Gasteiger partial charge in [-0.05, 0) is 37.6 Å². The molecule has 18 heavy (non-hydrogen) atoms. The van der Waals surface area contributed by atoms with Gasteiger partial charge in [-0.1, -0.05) is 20.8 Å². The summed E-state index contributed by atoms with van der Waals surface area (Å²) in [6.45, 7) is 6.59.